The average molecular weight is 203 g/mol. The molecule has 1 heterocycles. The lowest BCUT2D eigenvalue weighted by Crippen LogP contribution is -2.32. The zero-order valence-electron chi connectivity index (χ0n) is 8.89. The lowest BCUT2D eigenvalue weighted by atomic mass is 9.77. The van der Waals surface area contributed by atoms with Gasteiger partial charge in [-0.25, -0.2) is 0 Å². The van der Waals surface area contributed by atoms with Crippen LogP contribution in [0.5, 0.6) is 0 Å². The van der Waals surface area contributed by atoms with Crippen LogP contribution in [0.2, 0.25) is 0 Å². The maximum Gasteiger partial charge on any atom is 0.0679 e. The van der Waals surface area contributed by atoms with Crippen molar-refractivity contribution in [2.45, 2.75) is 24.9 Å². The number of β-amino-alcohol motifs (C(OH)–C–C–N with tert-alkyl or cyclic N) is 1. The van der Waals surface area contributed by atoms with Crippen LogP contribution in [0.25, 0.3) is 0 Å². The van der Waals surface area contributed by atoms with Crippen molar-refractivity contribution in [3.8, 4) is 0 Å². The Labute approximate surface area is 90.5 Å². The highest BCUT2D eigenvalue weighted by Crippen LogP contribution is 2.35. The third-order valence-corrected chi connectivity index (χ3v) is 3.69. The highest BCUT2D eigenvalue weighted by atomic mass is 16.3. The predicted octanol–water partition coefficient (Wildman–Crippen LogP) is 1.39. The van der Waals surface area contributed by atoms with E-state index in [2.05, 4.69) is 29.2 Å². The van der Waals surface area contributed by atoms with E-state index in [1.54, 1.807) is 0 Å². The first-order valence-corrected chi connectivity index (χ1v) is 5.81. The van der Waals surface area contributed by atoms with Gasteiger partial charge in [0.05, 0.1) is 6.10 Å². The number of aliphatic hydroxyl groups is 1. The van der Waals surface area contributed by atoms with Crippen LogP contribution in [0, 0.1) is 0 Å². The number of likely N-dealkylation sites (tertiary alicyclic amines) is 1. The van der Waals surface area contributed by atoms with Crippen LogP contribution in [-0.2, 0) is 6.42 Å². The molecule has 1 aromatic rings. The summed E-state index contributed by atoms with van der Waals surface area (Å²) in [7, 11) is 0. The van der Waals surface area contributed by atoms with Crippen molar-refractivity contribution in [3.63, 3.8) is 0 Å². The molecule has 0 spiro atoms. The van der Waals surface area contributed by atoms with Gasteiger partial charge in [0.2, 0.25) is 0 Å². The molecule has 1 N–H and O–H groups in total. The van der Waals surface area contributed by atoms with Gasteiger partial charge in [-0.05, 0) is 24.0 Å². The fraction of sp³-hybridized carbons (Fsp3) is 0.538. The van der Waals surface area contributed by atoms with E-state index in [9.17, 15) is 5.11 Å². The second-order valence-corrected chi connectivity index (χ2v) is 4.80. The minimum atomic E-state index is -0.0830. The fourth-order valence-electron chi connectivity index (χ4n) is 2.82. The van der Waals surface area contributed by atoms with Gasteiger partial charge in [-0.1, -0.05) is 24.3 Å². The lowest BCUT2D eigenvalue weighted by Gasteiger charge is -2.33. The van der Waals surface area contributed by atoms with Crippen molar-refractivity contribution in [1.29, 1.82) is 0 Å². The minimum Gasteiger partial charge on any atom is -0.392 e. The van der Waals surface area contributed by atoms with E-state index in [-0.39, 0.29) is 6.10 Å². The van der Waals surface area contributed by atoms with E-state index in [4.69, 9.17) is 0 Å². The normalized spacial score (nSPS) is 29.9. The lowest BCUT2D eigenvalue weighted by molar-refractivity contribution is 0.173. The van der Waals surface area contributed by atoms with Crippen LogP contribution in [0.15, 0.2) is 24.3 Å². The van der Waals surface area contributed by atoms with E-state index in [0.717, 1.165) is 26.1 Å². The van der Waals surface area contributed by atoms with Crippen molar-refractivity contribution in [2.75, 3.05) is 19.6 Å². The van der Waals surface area contributed by atoms with Crippen LogP contribution in [0.4, 0.5) is 0 Å². The van der Waals surface area contributed by atoms with Gasteiger partial charge in [0.15, 0.2) is 0 Å². The van der Waals surface area contributed by atoms with Gasteiger partial charge in [0.1, 0.15) is 0 Å². The van der Waals surface area contributed by atoms with E-state index in [1.165, 1.54) is 17.5 Å². The van der Waals surface area contributed by atoms with Gasteiger partial charge >= 0.3 is 0 Å². The van der Waals surface area contributed by atoms with Gasteiger partial charge in [-0.15, -0.1) is 0 Å². The summed E-state index contributed by atoms with van der Waals surface area (Å²) in [5.74, 6) is 0.714. The number of hydrogen-bond donors (Lipinski definition) is 1. The largest absolute Gasteiger partial charge is 0.392 e. The quantitative estimate of drug-likeness (QED) is 0.785. The second kappa shape index (κ2) is 3.62. The second-order valence-electron chi connectivity index (χ2n) is 4.80. The van der Waals surface area contributed by atoms with Crippen LogP contribution in [-0.4, -0.2) is 35.7 Å². The summed E-state index contributed by atoms with van der Waals surface area (Å²) in [5.41, 5.74) is 3.04. The number of aliphatic hydroxyl groups excluding tert-OH is 1. The Morgan fingerprint density at radius 2 is 2.20 bits per heavy atom. The van der Waals surface area contributed by atoms with Crippen molar-refractivity contribution < 1.29 is 5.11 Å². The molecule has 0 aromatic heterocycles. The molecule has 3 rings (SSSR count). The summed E-state index contributed by atoms with van der Waals surface area (Å²) < 4.78 is 0. The summed E-state index contributed by atoms with van der Waals surface area (Å²) in [4.78, 5) is 2.39. The number of benzene rings is 1. The molecule has 2 aliphatic rings. The van der Waals surface area contributed by atoms with Crippen LogP contribution >= 0.6 is 0 Å². The van der Waals surface area contributed by atoms with E-state index < -0.39 is 0 Å². The van der Waals surface area contributed by atoms with Gasteiger partial charge in [-0.2, -0.15) is 0 Å². The van der Waals surface area contributed by atoms with E-state index in [0.29, 0.717) is 5.92 Å². The highest BCUT2D eigenvalue weighted by Gasteiger charge is 2.29. The first-order valence-electron chi connectivity index (χ1n) is 5.81. The maximum absolute atomic E-state index is 9.46. The zero-order chi connectivity index (χ0) is 10.3. The SMILES string of the molecule is OC1CCN(CC2Cc3ccccc32)C1. The highest BCUT2D eigenvalue weighted by molar-refractivity contribution is 5.40. The molecule has 1 saturated heterocycles. The Morgan fingerprint density at radius 3 is 2.93 bits per heavy atom. The molecule has 0 amide bonds. The van der Waals surface area contributed by atoms with Gasteiger partial charge in [0, 0.05) is 25.6 Å². The van der Waals surface area contributed by atoms with Crippen LogP contribution in [0.1, 0.15) is 23.5 Å². The molecular formula is C13H17NO. The average Bonchev–Trinajstić information content (AvgIpc) is 2.61. The molecule has 1 aliphatic heterocycles. The first kappa shape index (κ1) is 9.37. The molecule has 2 atom stereocenters. The molecule has 80 valence electrons. The number of hydrogen-bond acceptors (Lipinski definition) is 2. The van der Waals surface area contributed by atoms with E-state index >= 15 is 0 Å². The Bertz CT molecular complexity index is 363. The monoisotopic (exact) mass is 203 g/mol. The molecule has 1 fully saturated rings. The summed E-state index contributed by atoms with van der Waals surface area (Å²) in [5, 5.41) is 9.46. The number of rotatable bonds is 2. The third kappa shape index (κ3) is 1.68. The summed E-state index contributed by atoms with van der Waals surface area (Å²) in [6.45, 7) is 3.08. The molecule has 15 heavy (non-hydrogen) atoms. The molecule has 0 radical (unpaired) electrons. The molecule has 0 bridgehead atoms. The Balaban J connectivity index is 1.63. The van der Waals surface area contributed by atoms with Gasteiger partial charge in [0.25, 0.3) is 0 Å². The predicted molar refractivity (Wildman–Crippen MR) is 60.0 cm³/mol. The van der Waals surface area contributed by atoms with E-state index in [1.807, 2.05) is 0 Å². The van der Waals surface area contributed by atoms with Crippen molar-refractivity contribution >= 4 is 0 Å². The molecule has 0 saturated carbocycles. The summed E-state index contributed by atoms with van der Waals surface area (Å²) in [6.07, 6.45) is 2.09. The van der Waals surface area contributed by atoms with Crippen LogP contribution < -0.4 is 0 Å². The summed E-state index contributed by atoms with van der Waals surface area (Å²) in [6, 6.07) is 8.72. The zero-order valence-corrected chi connectivity index (χ0v) is 8.89. The number of nitrogens with zero attached hydrogens (tertiary/aromatic N) is 1. The molecule has 2 unspecified atom stereocenters. The smallest absolute Gasteiger partial charge is 0.0679 e. The number of fused-ring (bicyclic) bond motifs is 1. The molecule has 1 aliphatic carbocycles. The third-order valence-electron chi connectivity index (χ3n) is 3.69. The molecular weight excluding hydrogens is 186 g/mol. The first-order chi connectivity index (χ1) is 7.33. The van der Waals surface area contributed by atoms with Gasteiger partial charge in [-0.3, -0.25) is 0 Å². The molecule has 2 heteroatoms. The van der Waals surface area contributed by atoms with Crippen molar-refractivity contribution in [1.82, 2.24) is 4.90 Å². The van der Waals surface area contributed by atoms with Crippen molar-refractivity contribution in [2.24, 2.45) is 0 Å². The standard InChI is InChI=1S/C13H17NO/c15-12-5-6-14(9-12)8-11-7-10-3-1-2-4-13(10)11/h1-4,11-12,15H,5-9H2. The topological polar surface area (TPSA) is 23.5 Å². The van der Waals surface area contributed by atoms with Crippen molar-refractivity contribution in [3.05, 3.63) is 35.4 Å². The van der Waals surface area contributed by atoms with Gasteiger partial charge < -0.3 is 10.0 Å². The minimum absolute atomic E-state index is 0.0830. The Kier molecular flexibility index (Phi) is 2.26. The maximum atomic E-state index is 9.46. The Morgan fingerprint density at radius 1 is 1.33 bits per heavy atom. The summed E-state index contributed by atoms with van der Waals surface area (Å²) >= 11 is 0. The fourth-order valence-corrected chi connectivity index (χ4v) is 2.82. The molecule has 2 nitrogen and oxygen atoms in total. The molecule has 1 aromatic carbocycles. The van der Waals surface area contributed by atoms with Crippen LogP contribution in [0.3, 0.4) is 0 Å². The Hall–Kier alpha value is -0.860.